The van der Waals surface area contributed by atoms with E-state index in [1.807, 2.05) is 26.0 Å². The van der Waals surface area contributed by atoms with Gasteiger partial charge in [-0.25, -0.2) is 0 Å². The molecule has 4 nitrogen and oxygen atoms in total. The van der Waals surface area contributed by atoms with Crippen molar-refractivity contribution in [3.05, 3.63) is 29.6 Å². The van der Waals surface area contributed by atoms with Crippen molar-refractivity contribution in [1.82, 2.24) is 10.3 Å². The smallest absolute Gasteiger partial charge is 0.230 e. The van der Waals surface area contributed by atoms with Crippen molar-refractivity contribution in [2.24, 2.45) is 17.6 Å². The van der Waals surface area contributed by atoms with Crippen molar-refractivity contribution in [3.63, 3.8) is 0 Å². The van der Waals surface area contributed by atoms with E-state index in [2.05, 4.69) is 17.2 Å². The van der Waals surface area contributed by atoms with Gasteiger partial charge in [0.1, 0.15) is 0 Å². The molecule has 1 rings (SSSR count). The van der Waals surface area contributed by atoms with E-state index in [4.69, 9.17) is 18.0 Å². The predicted molar refractivity (Wildman–Crippen MR) is 80.6 cm³/mol. The quantitative estimate of drug-likeness (QED) is 0.779. The SMILES string of the molecule is CCc1cccnc1CNC(=O)C(C(N)=S)C(C)C. The number of amides is 1. The number of hydrogen-bond acceptors (Lipinski definition) is 3. The van der Waals surface area contributed by atoms with Gasteiger partial charge in [-0.2, -0.15) is 0 Å². The van der Waals surface area contributed by atoms with Crippen molar-refractivity contribution >= 4 is 23.1 Å². The van der Waals surface area contributed by atoms with Gasteiger partial charge in [-0.05, 0) is 24.0 Å². The van der Waals surface area contributed by atoms with Crippen LogP contribution in [0.4, 0.5) is 0 Å². The summed E-state index contributed by atoms with van der Waals surface area (Å²) < 4.78 is 0. The van der Waals surface area contributed by atoms with Crippen LogP contribution in [0.1, 0.15) is 32.0 Å². The normalized spacial score (nSPS) is 12.2. The summed E-state index contributed by atoms with van der Waals surface area (Å²) in [5, 5.41) is 2.87. The molecule has 0 aromatic carbocycles. The Morgan fingerprint density at radius 3 is 2.74 bits per heavy atom. The van der Waals surface area contributed by atoms with Crippen LogP contribution in [0.3, 0.4) is 0 Å². The van der Waals surface area contributed by atoms with E-state index in [-0.39, 0.29) is 16.8 Å². The van der Waals surface area contributed by atoms with Gasteiger partial charge in [0.25, 0.3) is 0 Å². The van der Waals surface area contributed by atoms with Crippen molar-refractivity contribution in [2.45, 2.75) is 33.7 Å². The maximum Gasteiger partial charge on any atom is 0.230 e. The highest BCUT2D eigenvalue weighted by Crippen LogP contribution is 2.12. The fraction of sp³-hybridized carbons (Fsp3) is 0.500. The lowest BCUT2D eigenvalue weighted by atomic mass is 9.95. The largest absolute Gasteiger partial charge is 0.393 e. The molecule has 0 bridgehead atoms. The zero-order chi connectivity index (χ0) is 14.4. The number of nitrogens with one attached hydrogen (secondary N) is 1. The third-order valence-corrected chi connectivity index (χ3v) is 3.31. The Bertz CT molecular complexity index is 460. The summed E-state index contributed by atoms with van der Waals surface area (Å²) in [5.41, 5.74) is 7.65. The number of carbonyl (C=O) groups excluding carboxylic acids is 1. The second-order valence-corrected chi connectivity index (χ2v) is 5.28. The van der Waals surface area contributed by atoms with Gasteiger partial charge in [-0.1, -0.05) is 39.1 Å². The minimum atomic E-state index is -0.427. The lowest BCUT2D eigenvalue weighted by Gasteiger charge is -2.19. The molecule has 0 saturated heterocycles. The lowest BCUT2D eigenvalue weighted by Crippen LogP contribution is -2.40. The first-order valence-electron chi connectivity index (χ1n) is 6.47. The van der Waals surface area contributed by atoms with E-state index in [0.717, 1.165) is 17.7 Å². The molecule has 1 aromatic rings. The van der Waals surface area contributed by atoms with Gasteiger partial charge in [0, 0.05) is 6.20 Å². The molecule has 104 valence electrons. The van der Waals surface area contributed by atoms with E-state index >= 15 is 0 Å². The average Bonchev–Trinajstić information content (AvgIpc) is 2.35. The third kappa shape index (κ3) is 4.28. The summed E-state index contributed by atoms with van der Waals surface area (Å²) in [5.74, 6) is -0.467. The lowest BCUT2D eigenvalue weighted by molar-refractivity contribution is -0.124. The van der Waals surface area contributed by atoms with Gasteiger partial charge in [-0.3, -0.25) is 9.78 Å². The molecule has 0 spiro atoms. The molecule has 1 amide bonds. The summed E-state index contributed by atoms with van der Waals surface area (Å²) in [6.07, 6.45) is 2.62. The maximum absolute atomic E-state index is 12.1. The molecule has 1 atom stereocenters. The van der Waals surface area contributed by atoms with E-state index < -0.39 is 5.92 Å². The Hall–Kier alpha value is -1.49. The first-order valence-corrected chi connectivity index (χ1v) is 6.88. The molecule has 0 fully saturated rings. The number of aromatic nitrogens is 1. The van der Waals surface area contributed by atoms with Gasteiger partial charge in [0.15, 0.2) is 0 Å². The van der Waals surface area contributed by atoms with Crippen molar-refractivity contribution in [1.29, 1.82) is 0 Å². The van der Waals surface area contributed by atoms with Crippen LogP contribution in [0, 0.1) is 11.8 Å². The molecule has 0 aliphatic rings. The Morgan fingerprint density at radius 1 is 1.53 bits per heavy atom. The zero-order valence-electron chi connectivity index (χ0n) is 11.6. The number of rotatable bonds is 6. The minimum absolute atomic E-state index is 0.0897. The number of carbonyl (C=O) groups is 1. The van der Waals surface area contributed by atoms with E-state index in [1.54, 1.807) is 6.20 Å². The van der Waals surface area contributed by atoms with Crippen LogP contribution in [0.15, 0.2) is 18.3 Å². The molecule has 0 aliphatic carbocycles. The molecule has 5 heteroatoms. The Balaban J connectivity index is 2.70. The molecule has 1 aromatic heterocycles. The van der Waals surface area contributed by atoms with Gasteiger partial charge in [0.05, 0.1) is 23.1 Å². The molecular weight excluding hydrogens is 258 g/mol. The van der Waals surface area contributed by atoms with Crippen LogP contribution in [-0.2, 0) is 17.8 Å². The summed E-state index contributed by atoms with van der Waals surface area (Å²) in [7, 11) is 0. The molecule has 0 saturated carbocycles. The van der Waals surface area contributed by atoms with Crippen LogP contribution in [0.2, 0.25) is 0 Å². The standard InChI is InChI=1S/C14H21N3OS/c1-4-10-6-5-7-16-11(10)8-17-14(18)12(9(2)3)13(15)19/h5-7,9,12H,4,8H2,1-3H3,(H2,15,19)(H,17,18). The maximum atomic E-state index is 12.1. The van der Waals surface area contributed by atoms with E-state index in [9.17, 15) is 4.79 Å². The summed E-state index contributed by atoms with van der Waals surface area (Å²) in [4.78, 5) is 16.6. The monoisotopic (exact) mass is 279 g/mol. The zero-order valence-corrected chi connectivity index (χ0v) is 12.5. The molecule has 1 unspecified atom stereocenters. The van der Waals surface area contributed by atoms with Gasteiger partial charge in [-0.15, -0.1) is 0 Å². The minimum Gasteiger partial charge on any atom is -0.393 e. The summed E-state index contributed by atoms with van der Waals surface area (Å²) in [6.45, 7) is 6.34. The summed E-state index contributed by atoms with van der Waals surface area (Å²) in [6, 6.07) is 3.91. The first-order chi connectivity index (χ1) is 8.97. The van der Waals surface area contributed by atoms with E-state index in [1.165, 1.54) is 0 Å². The highest BCUT2D eigenvalue weighted by atomic mass is 32.1. The number of hydrogen-bond donors (Lipinski definition) is 2. The van der Waals surface area contributed by atoms with Gasteiger partial charge < -0.3 is 11.1 Å². The number of nitrogens with two attached hydrogens (primary N) is 1. The van der Waals surface area contributed by atoms with Crippen molar-refractivity contribution < 1.29 is 4.79 Å². The first kappa shape index (κ1) is 15.6. The number of nitrogens with zero attached hydrogens (tertiary/aromatic N) is 1. The fourth-order valence-electron chi connectivity index (χ4n) is 1.99. The Kier molecular flexibility index (Phi) is 5.89. The van der Waals surface area contributed by atoms with Crippen LogP contribution in [-0.4, -0.2) is 15.9 Å². The van der Waals surface area contributed by atoms with Gasteiger partial charge in [0.2, 0.25) is 5.91 Å². The molecular formula is C14H21N3OS. The van der Waals surface area contributed by atoms with Crippen LogP contribution < -0.4 is 11.1 Å². The van der Waals surface area contributed by atoms with E-state index in [0.29, 0.717) is 6.54 Å². The van der Waals surface area contributed by atoms with Crippen molar-refractivity contribution in [2.75, 3.05) is 0 Å². The Labute approximate surface area is 119 Å². The average molecular weight is 279 g/mol. The van der Waals surface area contributed by atoms with Crippen molar-refractivity contribution in [3.8, 4) is 0 Å². The highest BCUT2D eigenvalue weighted by molar-refractivity contribution is 7.80. The summed E-state index contributed by atoms with van der Waals surface area (Å²) >= 11 is 4.95. The Morgan fingerprint density at radius 2 is 2.21 bits per heavy atom. The second-order valence-electron chi connectivity index (χ2n) is 4.80. The predicted octanol–water partition coefficient (Wildman–Crippen LogP) is 1.82. The topological polar surface area (TPSA) is 68.0 Å². The third-order valence-electron chi connectivity index (χ3n) is 3.05. The molecule has 0 radical (unpaired) electrons. The second kappa shape index (κ2) is 7.19. The van der Waals surface area contributed by atoms with Crippen LogP contribution in [0.25, 0.3) is 0 Å². The number of aryl methyl sites for hydroxylation is 1. The molecule has 19 heavy (non-hydrogen) atoms. The number of thiocarbonyl (C=S) groups is 1. The molecule has 0 aliphatic heterocycles. The van der Waals surface area contributed by atoms with Crippen LogP contribution >= 0.6 is 12.2 Å². The van der Waals surface area contributed by atoms with Crippen LogP contribution in [0.5, 0.6) is 0 Å². The molecule has 3 N–H and O–H groups in total. The number of pyridine rings is 1. The molecule has 1 heterocycles. The fourth-order valence-corrected chi connectivity index (χ4v) is 2.37. The highest BCUT2D eigenvalue weighted by Gasteiger charge is 2.24. The van der Waals surface area contributed by atoms with Gasteiger partial charge >= 0.3 is 0 Å².